The molecule has 5 heteroatoms. The summed E-state index contributed by atoms with van der Waals surface area (Å²) >= 11 is 0. The number of aromatic carboxylic acids is 1. The third kappa shape index (κ3) is 3.06. The molecule has 0 radical (unpaired) electrons. The molecule has 0 bridgehead atoms. The number of carboxylic acids is 1. The van der Waals surface area contributed by atoms with Gasteiger partial charge in [-0.1, -0.05) is 31.6 Å². The van der Waals surface area contributed by atoms with Gasteiger partial charge in [0, 0.05) is 11.8 Å². The zero-order valence-corrected chi connectivity index (χ0v) is 15.2. The lowest BCUT2D eigenvalue weighted by Crippen LogP contribution is -2.48. The molecule has 26 heavy (non-hydrogen) atoms. The van der Waals surface area contributed by atoms with E-state index in [4.69, 9.17) is 4.74 Å². The molecular formula is C21H24O5. The van der Waals surface area contributed by atoms with Gasteiger partial charge in [0.1, 0.15) is 6.10 Å². The summed E-state index contributed by atoms with van der Waals surface area (Å²) in [6.45, 7) is 4.20. The van der Waals surface area contributed by atoms with Crippen molar-refractivity contribution in [2.75, 3.05) is 0 Å². The maximum atomic E-state index is 12.8. The molecule has 0 amide bonds. The lowest BCUT2D eigenvalue weighted by Gasteiger charge is -2.50. The Morgan fingerprint density at radius 3 is 2.54 bits per heavy atom. The number of allylic oxidation sites excluding steroid dienone is 1. The highest BCUT2D eigenvalue weighted by molar-refractivity contribution is 6.02. The van der Waals surface area contributed by atoms with Crippen LogP contribution < -0.4 is 0 Å². The summed E-state index contributed by atoms with van der Waals surface area (Å²) in [5.41, 5.74) is 0.766. The third-order valence-electron chi connectivity index (χ3n) is 5.86. The molecule has 1 aromatic rings. The van der Waals surface area contributed by atoms with Gasteiger partial charge in [-0.2, -0.15) is 0 Å². The van der Waals surface area contributed by atoms with Crippen LogP contribution in [-0.4, -0.2) is 28.9 Å². The number of fused-ring (bicyclic) bond motifs is 1. The topological polar surface area (TPSA) is 80.7 Å². The molecule has 1 N–H and O–H groups in total. The van der Waals surface area contributed by atoms with Crippen molar-refractivity contribution in [2.45, 2.75) is 52.1 Å². The fraction of sp³-hybridized carbons (Fsp3) is 0.476. The van der Waals surface area contributed by atoms with Gasteiger partial charge >= 0.3 is 11.9 Å². The van der Waals surface area contributed by atoms with Crippen molar-refractivity contribution in [3.8, 4) is 0 Å². The van der Waals surface area contributed by atoms with Gasteiger partial charge in [0.2, 0.25) is 0 Å². The highest BCUT2D eigenvalue weighted by atomic mass is 16.5. The predicted molar refractivity (Wildman–Crippen MR) is 96.1 cm³/mol. The van der Waals surface area contributed by atoms with Gasteiger partial charge in [-0.3, -0.25) is 4.79 Å². The summed E-state index contributed by atoms with van der Waals surface area (Å²) in [5.74, 6) is -1.40. The predicted octanol–water partition coefficient (Wildman–Crippen LogP) is 4.03. The molecule has 0 unspecified atom stereocenters. The summed E-state index contributed by atoms with van der Waals surface area (Å²) in [4.78, 5) is 36.1. The fourth-order valence-electron chi connectivity index (χ4n) is 4.54. The smallest absolute Gasteiger partial charge is 0.339 e. The number of rotatable bonds is 4. The van der Waals surface area contributed by atoms with Crippen molar-refractivity contribution in [3.05, 3.63) is 47.0 Å². The number of carbonyl (C=O) groups is 3. The van der Waals surface area contributed by atoms with Gasteiger partial charge in [0.15, 0.2) is 5.78 Å². The monoisotopic (exact) mass is 356 g/mol. The van der Waals surface area contributed by atoms with E-state index in [1.165, 1.54) is 12.1 Å². The quantitative estimate of drug-likeness (QED) is 0.824. The van der Waals surface area contributed by atoms with Crippen LogP contribution in [0.5, 0.6) is 0 Å². The fourth-order valence-corrected chi connectivity index (χ4v) is 4.54. The Morgan fingerprint density at radius 1 is 1.19 bits per heavy atom. The number of benzene rings is 1. The minimum Gasteiger partial charge on any atom is -0.478 e. The van der Waals surface area contributed by atoms with Gasteiger partial charge in [-0.05, 0) is 49.8 Å². The van der Waals surface area contributed by atoms with E-state index in [-0.39, 0.29) is 34.3 Å². The van der Waals surface area contributed by atoms with Crippen LogP contribution in [0.2, 0.25) is 0 Å². The van der Waals surface area contributed by atoms with Gasteiger partial charge in [0.25, 0.3) is 0 Å². The standard InChI is InChI=1S/C21H24O5/c1-13(2)21-11-10-15(22)12-14(21)6-5-9-18(21)26-20(25)17-8-4-3-7-16(17)19(23)24/h3-4,7-8,12-13,18H,5-6,9-11H2,1-2H3,(H,23,24)/t18-,21+/m1/s1. The van der Waals surface area contributed by atoms with Gasteiger partial charge < -0.3 is 9.84 Å². The first-order chi connectivity index (χ1) is 12.4. The SMILES string of the molecule is CC(C)[C@@]12CCC(=O)C=C1CCC[C@H]2OC(=O)c1ccccc1C(=O)O. The van der Waals surface area contributed by atoms with Gasteiger partial charge in [-0.15, -0.1) is 0 Å². The van der Waals surface area contributed by atoms with Crippen LogP contribution >= 0.6 is 0 Å². The molecule has 0 heterocycles. The molecule has 1 fully saturated rings. The Kier molecular flexibility index (Phi) is 4.99. The summed E-state index contributed by atoms with van der Waals surface area (Å²) < 4.78 is 5.88. The minimum atomic E-state index is -1.15. The van der Waals surface area contributed by atoms with E-state index in [2.05, 4.69) is 13.8 Å². The largest absolute Gasteiger partial charge is 0.478 e. The van der Waals surface area contributed by atoms with E-state index in [9.17, 15) is 19.5 Å². The maximum absolute atomic E-state index is 12.8. The molecule has 1 saturated carbocycles. The molecule has 3 rings (SSSR count). The van der Waals surface area contributed by atoms with E-state index >= 15 is 0 Å². The maximum Gasteiger partial charge on any atom is 0.339 e. The highest BCUT2D eigenvalue weighted by Crippen LogP contribution is 2.53. The zero-order valence-electron chi connectivity index (χ0n) is 15.2. The van der Waals surface area contributed by atoms with Crippen molar-refractivity contribution < 1.29 is 24.2 Å². The van der Waals surface area contributed by atoms with Crippen molar-refractivity contribution in [3.63, 3.8) is 0 Å². The van der Waals surface area contributed by atoms with E-state index in [0.29, 0.717) is 12.8 Å². The summed E-state index contributed by atoms with van der Waals surface area (Å²) in [7, 11) is 0. The molecule has 2 aliphatic rings. The third-order valence-corrected chi connectivity index (χ3v) is 5.86. The number of ketones is 1. The average molecular weight is 356 g/mol. The van der Waals surface area contributed by atoms with E-state index in [1.807, 2.05) is 0 Å². The van der Waals surface area contributed by atoms with E-state index in [0.717, 1.165) is 24.8 Å². The van der Waals surface area contributed by atoms with E-state index in [1.54, 1.807) is 18.2 Å². The number of hydrogen-bond donors (Lipinski definition) is 1. The van der Waals surface area contributed by atoms with Crippen LogP contribution in [0.15, 0.2) is 35.9 Å². The normalized spacial score (nSPS) is 25.4. The molecular weight excluding hydrogens is 332 g/mol. The van der Waals surface area contributed by atoms with Gasteiger partial charge in [0.05, 0.1) is 11.1 Å². The van der Waals surface area contributed by atoms with Crippen molar-refractivity contribution in [1.29, 1.82) is 0 Å². The molecule has 0 aliphatic heterocycles. The Hall–Kier alpha value is -2.43. The lowest BCUT2D eigenvalue weighted by molar-refractivity contribution is -0.117. The Bertz CT molecular complexity index is 776. The molecule has 0 aromatic heterocycles. The van der Waals surface area contributed by atoms with Crippen molar-refractivity contribution >= 4 is 17.7 Å². The van der Waals surface area contributed by atoms with Gasteiger partial charge in [-0.25, -0.2) is 9.59 Å². The molecule has 138 valence electrons. The molecule has 0 spiro atoms. The number of ether oxygens (including phenoxy) is 1. The average Bonchev–Trinajstić information content (AvgIpc) is 2.61. The first kappa shape index (κ1) is 18.4. The van der Waals surface area contributed by atoms with Crippen molar-refractivity contribution in [2.24, 2.45) is 11.3 Å². The summed E-state index contributed by atoms with van der Waals surface area (Å²) in [5, 5.41) is 9.32. The number of esters is 1. The zero-order chi connectivity index (χ0) is 18.9. The molecule has 2 atom stereocenters. The van der Waals surface area contributed by atoms with Crippen LogP contribution in [0.3, 0.4) is 0 Å². The molecule has 2 aliphatic carbocycles. The minimum absolute atomic E-state index is 0.0542. The first-order valence-electron chi connectivity index (χ1n) is 9.13. The molecule has 0 saturated heterocycles. The van der Waals surface area contributed by atoms with Crippen LogP contribution in [0.25, 0.3) is 0 Å². The van der Waals surface area contributed by atoms with Crippen LogP contribution in [0.1, 0.15) is 66.7 Å². The van der Waals surface area contributed by atoms with Crippen molar-refractivity contribution in [1.82, 2.24) is 0 Å². The second kappa shape index (κ2) is 7.06. The first-order valence-corrected chi connectivity index (χ1v) is 9.13. The lowest BCUT2D eigenvalue weighted by atomic mass is 9.57. The molecule has 5 nitrogen and oxygen atoms in total. The second-order valence-electron chi connectivity index (χ2n) is 7.47. The Morgan fingerprint density at radius 2 is 1.88 bits per heavy atom. The Labute approximate surface area is 153 Å². The Balaban J connectivity index is 1.93. The summed E-state index contributed by atoms with van der Waals surface area (Å²) in [6, 6.07) is 6.11. The van der Waals surface area contributed by atoms with Crippen LogP contribution in [0, 0.1) is 11.3 Å². The molecule has 1 aromatic carbocycles. The van der Waals surface area contributed by atoms with Crippen LogP contribution in [-0.2, 0) is 9.53 Å². The number of hydrogen-bond acceptors (Lipinski definition) is 4. The number of carbonyl (C=O) groups excluding carboxylic acids is 2. The van der Waals surface area contributed by atoms with Crippen LogP contribution in [0.4, 0.5) is 0 Å². The number of carboxylic acid groups (broad SMARTS) is 1. The summed E-state index contributed by atoms with van der Waals surface area (Å²) in [6.07, 6.45) is 4.97. The van der Waals surface area contributed by atoms with E-state index < -0.39 is 11.9 Å². The second-order valence-corrected chi connectivity index (χ2v) is 7.47. The highest BCUT2D eigenvalue weighted by Gasteiger charge is 2.50.